The first kappa shape index (κ1) is 27.1. The largest absolute Gasteiger partial charge is 0.454 e. The number of carbonyl (C=O) groups excluding carboxylic acids is 2. The highest BCUT2D eigenvalue weighted by Crippen LogP contribution is 2.35. The summed E-state index contributed by atoms with van der Waals surface area (Å²) in [5, 5.41) is 3.38. The van der Waals surface area contributed by atoms with E-state index in [1.165, 1.54) is 40.9 Å². The molecule has 0 radical (unpaired) electrons. The van der Waals surface area contributed by atoms with Crippen molar-refractivity contribution in [3.63, 3.8) is 0 Å². The SMILES string of the molecule is Cc1cc(C)nc(SCC(=O)N(Cc2ccccc2)[C@@H](C(=O)Nc2ccc3c(c2)OCO3)c2ccc(F)cc2)n1. The van der Waals surface area contributed by atoms with Crippen LogP contribution in [0.4, 0.5) is 10.1 Å². The maximum absolute atomic E-state index is 13.9. The molecule has 5 rings (SSSR count). The molecule has 0 fully saturated rings. The molecule has 1 aromatic heterocycles. The molecule has 1 aliphatic rings. The number of aromatic nitrogens is 2. The van der Waals surface area contributed by atoms with Gasteiger partial charge in [-0.2, -0.15) is 0 Å². The average molecular weight is 559 g/mol. The van der Waals surface area contributed by atoms with Gasteiger partial charge in [0.05, 0.1) is 5.75 Å². The van der Waals surface area contributed by atoms with Crippen molar-refractivity contribution in [2.45, 2.75) is 31.6 Å². The third kappa shape index (κ3) is 6.58. The van der Waals surface area contributed by atoms with Gasteiger partial charge in [0, 0.05) is 29.7 Å². The molecule has 0 aliphatic carbocycles. The Morgan fingerprint density at radius 1 is 0.950 bits per heavy atom. The van der Waals surface area contributed by atoms with Gasteiger partial charge in [0.2, 0.25) is 12.7 Å². The summed E-state index contributed by atoms with van der Waals surface area (Å²) in [5.74, 6) is -0.0980. The van der Waals surface area contributed by atoms with Crippen molar-refractivity contribution in [1.29, 1.82) is 0 Å². The molecule has 0 saturated carbocycles. The van der Waals surface area contributed by atoms with Gasteiger partial charge >= 0.3 is 0 Å². The first-order valence-corrected chi connectivity index (χ1v) is 13.6. The van der Waals surface area contributed by atoms with Crippen LogP contribution in [0.15, 0.2) is 84.0 Å². The number of ether oxygens (including phenoxy) is 2. The highest BCUT2D eigenvalue weighted by molar-refractivity contribution is 7.99. The highest BCUT2D eigenvalue weighted by Gasteiger charge is 2.32. The predicted octanol–water partition coefficient (Wildman–Crippen LogP) is 5.46. The van der Waals surface area contributed by atoms with Crippen molar-refractivity contribution in [3.05, 3.63) is 107 Å². The summed E-state index contributed by atoms with van der Waals surface area (Å²) in [6.07, 6.45) is 0. The van der Waals surface area contributed by atoms with Gasteiger partial charge in [-0.15, -0.1) is 0 Å². The van der Waals surface area contributed by atoms with Gasteiger partial charge in [0.1, 0.15) is 11.9 Å². The lowest BCUT2D eigenvalue weighted by atomic mass is 10.0. The van der Waals surface area contributed by atoms with E-state index in [1.807, 2.05) is 50.2 Å². The van der Waals surface area contributed by atoms with E-state index < -0.39 is 17.8 Å². The zero-order valence-corrected chi connectivity index (χ0v) is 22.8. The number of halogens is 1. The lowest BCUT2D eigenvalue weighted by Gasteiger charge is -2.31. The number of aryl methyl sites for hydroxylation is 2. The molecule has 1 aliphatic heterocycles. The number of hydrogen-bond donors (Lipinski definition) is 1. The molecule has 2 heterocycles. The predicted molar refractivity (Wildman–Crippen MR) is 150 cm³/mol. The van der Waals surface area contributed by atoms with Crippen molar-refractivity contribution in [1.82, 2.24) is 14.9 Å². The standard InChI is InChI=1S/C30H27FN4O4S/c1-19-14-20(2)33-30(32-19)40-17-27(36)35(16-21-6-4-3-5-7-21)28(22-8-10-23(31)11-9-22)29(37)34-24-12-13-25-26(15-24)39-18-38-25/h3-15,28H,16-18H2,1-2H3,(H,34,37)/t28-/m1/s1. The fourth-order valence-electron chi connectivity index (χ4n) is 4.37. The second-order valence-electron chi connectivity index (χ2n) is 9.24. The number of anilines is 1. The minimum absolute atomic E-state index is 0.00469. The number of nitrogens with one attached hydrogen (secondary N) is 1. The fourth-order valence-corrected chi connectivity index (χ4v) is 5.21. The quantitative estimate of drug-likeness (QED) is 0.215. The summed E-state index contributed by atoms with van der Waals surface area (Å²) in [5.41, 5.74) is 3.39. The molecule has 1 N–H and O–H groups in total. The summed E-state index contributed by atoms with van der Waals surface area (Å²) >= 11 is 1.20. The van der Waals surface area contributed by atoms with Gasteiger partial charge in [0.25, 0.3) is 5.91 Å². The molecule has 0 bridgehead atoms. The number of hydrogen-bond acceptors (Lipinski definition) is 7. The summed E-state index contributed by atoms with van der Waals surface area (Å²) in [7, 11) is 0. The maximum atomic E-state index is 13.9. The minimum Gasteiger partial charge on any atom is -0.454 e. The molecule has 4 aromatic rings. The smallest absolute Gasteiger partial charge is 0.251 e. The van der Waals surface area contributed by atoms with E-state index in [1.54, 1.807) is 18.2 Å². The van der Waals surface area contributed by atoms with E-state index in [4.69, 9.17) is 9.47 Å². The molecular formula is C30H27FN4O4S. The molecule has 0 spiro atoms. The van der Waals surface area contributed by atoms with E-state index in [9.17, 15) is 14.0 Å². The number of carbonyl (C=O) groups is 2. The molecule has 2 amide bonds. The van der Waals surface area contributed by atoms with Crippen LogP contribution in [0.3, 0.4) is 0 Å². The molecule has 8 nitrogen and oxygen atoms in total. The fraction of sp³-hybridized carbons (Fsp3) is 0.200. The van der Waals surface area contributed by atoms with Crippen molar-refractivity contribution in [3.8, 4) is 11.5 Å². The summed E-state index contributed by atoms with van der Waals surface area (Å²) in [6, 6.07) is 20.9. The first-order chi connectivity index (χ1) is 19.4. The van der Waals surface area contributed by atoms with Gasteiger partial charge in [-0.05, 0) is 55.3 Å². The monoisotopic (exact) mass is 558 g/mol. The lowest BCUT2D eigenvalue weighted by molar-refractivity contribution is -0.137. The normalized spacial score (nSPS) is 12.6. The summed E-state index contributed by atoms with van der Waals surface area (Å²) in [6.45, 7) is 4.00. The molecule has 0 saturated heterocycles. The number of benzene rings is 3. The van der Waals surface area contributed by atoms with Gasteiger partial charge < -0.3 is 19.7 Å². The molecule has 40 heavy (non-hydrogen) atoms. The van der Waals surface area contributed by atoms with E-state index in [-0.39, 0.29) is 25.0 Å². The molecule has 3 aromatic carbocycles. The van der Waals surface area contributed by atoms with Crippen LogP contribution in [-0.2, 0) is 16.1 Å². The van der Waals surface area contributed by atoms with Crippen LogP contribution >= 0.6 is 11.8 Å². The van der Waals surface area contributed by atoms with Crippen LogP contribution in [0.5, 0.6) is 11.5 Å². The Hall–Kier alpha value is -4.44. The van der Waals surface area contributed by atoms with E-state index in [0.29, 0.717) is 27.9 Å². The molecule has 10 heteroatoms. The number of fused-ring (bicyclic) bond motifs is 1. The maximum Gasteiger partial charge on any atom is 0.251 e. The van der Waals surface area contributed by atoms with Crippen LogP contribution in [0.25, 0.3) is 0 Å². The van der Waals surface area contributed by atoms with E-state index >= 15 is 0 Å². The number of nitrogens with zero attached hydrogens (tertiary/aromatic N) is 3. The van der Waals surface area contributed by atoms with Crippen molar-refractivity contribution in [2.75, 3.05) is 17.9 Å². The Morgan fingerprint density at radius 3 is 2.38 bits per heavy atom. The Kier molecular flexibility index (Phi) is 8.26. The van der Waals surface area contributed by atoms with Crippen LogP contribution in [-0.4, -0.2) is 39.2 Å². The highest BCUT2D eigenvalue weighted by atomic mass is 32.2. The van der Waals surface area contributed by atoms with E-state index in [2.05, 4.69) is 15.3 Å². The van der Waals surface area contributed by atoms with Crippen molar-refractivity contribution < 1.29 is 23.5 Å². The summed E-state index contributed by atoms with van der Waals surface area (Å²) < 4.78 is 24.7. The van der Waals surface area contributed by atoms with Crippen LogP contribution in [0.2, 0.25) is 0 Å². The Labute approximate surface area is 235 Å². The number of rotatable bonds is 9. The second kappa shape index (κ2) is 12.2. The third-order valence-electron chi connectivity index (χ3n) is 6.19. The number of thioether (sulfide) groups is 1. The minimum atomic E-state index is -1.06. The van der Waals surface area contributed by atoms with Gasteiger partial charge in [-0.1, -0.05) is 54.2 Å². The lowest BCUT2D eigenvalue weighted by Crippen LogP contribution is -2.41. The average Bonchev–Trinajstić information content (AvgIpc) is 3.40. The molecule has 204 valence electrons. The van der Waals surface area contributed by atoms with Crippen LogP contribution < -0.4 is 14.8 Å². The second-order valence-corrected chi connectivity index (χ2v) is 10.2. The topological polar surface area (TPSA) is 93.7 Å². The van der Waals surface area contributed by atoms with Crippen LogP contribution in [0.1, 0.15) is 28.6 Å². The van der Waals surface area contributed by atoms with Crippen LogP contribution in [0, 0.1) is 19.7 Å². The Bertz CT molecular complexity index is 1500. The first-order valence-electron chi connectivity index (χ1n) is 12.6. The Balaban J connectivity index is 1.47. The number of amides is 2. The van der Waals surface area contributed by atoms with Crippen molar-refractivity contribution >= 4 is 29.3 Å². The van der Waals surface area contributed by atoms with Gasteiger partial charge in [0.15, 0.2) is 16.7 Å². The zero-order chi connectivity index (χ0) is 28.1. The van der Waals surface area contributed by atoms with Gasteiger partial charge in [-0.25, -0.2) is 14.4 Å². The molecular weight excluding hydrogens is 531 g/mol. The van der Waals surface area contributed by atoms with Gasteiger partial charge in [-0.3, -0.25) is 9.59 Å². The Morgan fingerprint density at radius 2 is 1.65 bits per heavy atom. The third-order valence-corrected chi connectivity index (χ3v) is 7.02. The van der Waals surface area contributed by atoms with E-state index in [0.717, 1.165) is 17.0 Å². The van der Waals surface area contributed by atoms with Crippen molar-refractivity contribution in [2.24, 2.45) is 0 Å². The summed E-state index contributed by atoms with van der Waals surface area (Å²) in [4.78, 5) is 38.1. The molecule has 1 atom stereocenters. The molecule has 0 unspecified atom stereocenters. The zero-order valence-electron chi connectivity index (χ0n) is 22.0.